The molecule has 3 aromatic heterocycles. The Balaban J connectivity index is 1.58. The number of aromatic nitrogens is 3. The SMILES string of the molecule is C=CC(=O)NC(Cc1c[nH]c(C=C)c1/C=C\C)C(=O)N[C@@H](Cc1ccccc1)C(=O)N[C@@H](Cc1ccncc1)C(=O)NCCc1c[nH]c(C=C)c1/C=C\C. The van der Waals surface area contributed by atoms with E-state index in [2.05, 4.69) is 56.0 Å². The van der Waals surface area contributed by atoms with E-state index in [9.17, 15) is 19.2 Å². The van der Waals surface area contributed by atoms with E-state index < -0.39 is 35.8 Å². The summed E-state index contributed by atoms with van der Waals surface area (Å²) in [4.78, 5) is 65.0. The number of carbonyl (C=O) groups excluding carboxylic acids is 4. The van der Waals surface area contributed by atoms with Crippen molar-refractivity contribution in [3.8, 4) is 0 Å². The lowest BCUT2D eigenvalue weighted by molar-refractivity contribution is -0.133. The molecule has 4 rings (SSSR count). The van der Waals surface area contributed by atoms with Gasteiger partial charge >= 0.3 is 0 Å². The van der Waals surface area contributed by atoms with Gasteiger partial charge in [-0.15, -0.1) is 0 Å². The van der Waals surface area contributed by atoms with Gasteiger partial charge in [0.2, 0.25) is 23.6 Å². The van der Waals surface area contributed by atoms with Gasteiger partial charge in [-0.25, -0.2) is 0 Å². The normalized spacial score (nSPS) is 12.8. The third-order valence-electron chi connectivity index (χ3n) is 8.82. The zero-order valence-electron chi connectivity index (χ0n) is 30.9. The number of hydrogen-bond donors (Lipinski definition) is 6. The molecule has 0 spiro atoms. The van der Waals surface area contributed by atoms with E-state index >= 15 is 0 Å². The second kappa shape index (κ2) is 20.5. The van der Waals surface area contributed by atoms with Crippen LogP contribution in [0.3, 0.4) is 0 Å². The number of benzene rings is 1. The zero-order chi connectivity index (χ0) is 38.9. The molecule has 0 aliphatic carbocycles. The maximum absolute atomic E-state index is 14.2. The van der Waals surface area contributed by atoms with Gasteiger partial charge in [0.25, 0.3) is 0 Å². The molecule has 11 nitrogen and oxygen atoms in total. The number of hydrogen-bond acceptors (Lipinski definition) is 5. The number of H-pyrrole nitrogens is 2. The molecular formula is C43H49N7O4. The van der Waals surface area contributed by atoms with Gasteiger partial charge < -0.3 is 31.2 Å². The predicted octanol–water partition coefficient (Wildman–Crippen LogP) is 5.12. The van der Waals surface area contributed by atoms with Crippen LogP contribution in [-0.2, 0) is 44.9 Å². The quantitative estimate of drug-likeness (QED) is 0.0697. The molecule has 0 aliphatic rings. The Morgan fingerprint density at radius 2 is 1.20 bits per heavy atom. The van der Waals surface area contributed by atoms with Crippen LogP contribution in [0.5, 0.6) is 0 Å². The monoisotopic (exact) mass is 727 g/mol. The maximum atomic E-state index is 14.2. The highest BCUT2D eigenvalue weighted by Gasteiger charge is 2.30. The number of rotatable bonds is 20. The maximum Gasteiger partial charge on any atom is 0.244 e. The lowest BCUT2D eigenvalue weighted by Crippen LogP contribution is -2.58. The van der Waals surface area contributed by atoms with E-state index in [1.54, 1.807) is 42.9 Å². The van der Waals surface area contributed by atoms with Crippen LogP contribution in [0.4, 0.5) is 0 Å². The lowest BCUT2D eigenvalue weighted by Gasteiger charge is -2.25. The summed E-state index contributed by atoms with van der Waals surface area (Å²) in [6.45, 7) is 15.4. The second-order valence-corrected chi connectivity index (χ2v) is 12.6. The van der Waals surface area contributed by atoms with Gasteiger partial charge in [0.15, 0.2) is 0 Å². The molecule has 0 saturated heterocycles. The van der Waals surface area contributed by atoms with Crippen LogP contribution in [0, 0.1) is 0 Å². The highest BCUT2D eigenvalue weighted by Crippen LogP contribution is 2.20. The number of pyridine rings is 1. The van der Waals surface area contributed by atoms with Crippen LogP contribution in [0.25, 0.3) is 24.3 Å². The second-order valence-electron chi connectivity index (χ2n) is 12.6. The van der Waals surface area contributed by atoms with Gasteiger partial charge in [-0.05, 0) is 72.9 Å². The molecule has 11 heteroatoms. The molecule has 0 fully saturated rings. The Labute approximate surface area is 316 Å². The molecule has 1 unspecified atom stereocenters. The number of allylic oxidation sites excluding steroid dienone is 2. The van der Waals surface area contributed by atoms with Crippen molar-refractivity contribution in [1.82, 2.24) is 36.2 Å². The smallest absolute Gasteiger partial charge is 0.244 e. The van der Waals surface area contributed by atoms with Gasteiger partial charge in [-0.1, -0.05) is 74.4 Å². The summed E-state index contributed by atoms with van der Waals surface area (Å²) in [5, 5.41) is 11.5. The summed E-state index contributed by atoms with van der Waals surface area (Å²) in [7, 11) is 0. The highest BCUT2D eigenvalue weighted by atomic mass is 16.2. The lowest BCUT2D eigenvalue weighted by atomic mass is 10.00. The minimum absolute atomic E-state index is 0.118. The van der Waals surface area contributed by atoms with Crippen LogP contribution in [0.1, 0.15) is 58.6 Å². The van der Waals surface area contributed by atoms with E-state index in [4.69, 9.17) is 0 Å². The zero-order valence-corrected chi connectivity index (χ0v) is 30.9. The van der Waals surface area contributed by atoms with Crippen molar-refractivity contribution in [2.24, 2.45) is 0 Å². The molecule has 3 heterocycles. The molecule has 0 radical (unpaired) electrons. The molecule has 54 heavy (non-hydrogen) atoms. The average molecular weight is 728 g/mol. The first-order chi connectivity index (χ1) is 26.2. The van der Waals surface area contributed by atoms with Crippen molar-refractivity contribution < 1.29 is 19.2 Å². The molecule has 3 atom stereocenters. The Morgan fingerprint density at radius 3 is 1.76 bits per heavy atom. The number of aromatic amines is 2. The van der Waals surface area contributed by atoms with E-state index in [0.29, 0.717) is 13.0 Å². The van der Waals surface area contributed by atoms with Crippen molar-refractivity contribution in [3.05, 3.63) is 150 Å². The number of amides is 4. The molecule has 4 amide bonds. The van der Waals surface area contributed by atoms with Crippen LogP contribution >= 0.6 is 0 Å². The fourth-order valence-electron chi connectivity index (χ4n) is 6.10. The topological polar surface area (TPSA) is 161 Å². The Kier molecular flexibility index (Phi) is 15.3. The molecule has 1 aromatic carbocycles. The third-order valence-corrected chi connectivity index (χ3v) is 8.82. The summed E-state index contributed by atoms with van der Waals surface area (Å²) in [5.74, 6) is -2.06. The minimum atomic E-state index is -1.10. The minimum Gasteiger partial charge on any atom is -0.361 e. The molecule has 280 valence electrons. The van der Waals surface area contributed by atoms with E-state index in [1.807, 2.05) is 74.7 Å². The first-order valence-corrected chi connectivity index (χ1v) is 17.9. The van der Waals surface area contributed by atoms with Crippen molar-refractivity contribution in [2.75, 3.05) is 6.54 Å². The van der Waals surface area contributed by atoms with E-state index in [1.165, 1.54) is 0 Å². The van der Waals surface area contributed by atoms with E-state index in [-0.39, 0.29) is 25.2 Å². The highest BCUT2D eigenvalue weighted by molar-refractivity contribution is 5.96. The summed E-state index contributed by atoms with van der Waals surface area (Å²) in [5.41, 5.74) is 6.86. The fourth-order valence-corrected chi connectivity index (χ4v) is 6.10. The summed E-state index contributed by atoms with van der Waals surface area (Å²) >= 11 is 0. The van der Waals surface area contributed by atoms with Gasteiger partial charge in [0.05, 0.1) is 0 Å². The largest absolute Gasteiger partial charge is 0.361 e. The van der Waals surface area contributed by atoms with Gasteiger partial charge in [0, 0.05) is 73.1 Å². The molecule has 0 saturated carbocycles. The van der Waals surface area contributed by atoms with Crippen LogP contribution < -0.4 is 21.3 Å². The Hall–Kier alpha value is -6.49. The van der Waals surface area contributed by atoms with Gasteiger partial charge in [0.1, 0.15) is 18.1 Å². The van der Waals surface area contributed by atoms with Crippen LogP contribution in [0.2, 0.25) is 0 Å². The first-order valence-electron chi connectivity index (χ1n) is 17.9. The van der Waals surface area contributed by atoms with Crippen molar-refractivity contribution >= 4 is 47.9 Å². The summed E-state index contributed by atoms with van der Waals surface area (Å²) in [6.07, 6.45) is 20.1. The average Bonchev–Trinajstić information content (AvgIpc) is 3.77. The fraction of sp³-hybridized carbons (Fsp3) is 0.233. The van der Waals surface area contributed by atoms with Gasteiger partial charge in [-0.3, -0.25) is 24.2 Å². The molecule has 6 N–H and O–H groups in total. The standard InChI is InChI=1S/C43H49N7O4/c1-6-14-33-31(27-46-35(33)8-3)20-23-45-41(52)37(25-30-18-21-44-22-19-30)49-42(53)38(24-29-16-12-11-13-17-29)50-43(54)39(48-40(51)10-5)26-32-28-47-36(9-4)34(32)15-7-2/h6-19,21-22,27-28,37-39,46-47H,3-5,20,23-26H2,1-2H3,(H,45,52)(H,48,51)(H,49,53)(H,50,54)/b14-6-,15-7-/t37-,38-,39?/m0/s1. The summed E-state index contributed by atoms with van der Waals surface area (Å²) < 4.78 is 0. The molecule has 4 aromatic rings. The predicted molar refractivity (Wildman–Crippen MR) is 216 cm³/mol. The Morgan fingerprint density at radius 1 is 0.685 bits per heavy atom. The third kappa shape index (κ3) is 11.3. The number of nitrogens with one attached hydrogen (secondary N) is 6. The van der Waals surface area contributed by atoms with Gasteiger partial charge in [-0.2, -0.15) is 0 Å². The van der Waals surface area contributed by atoms with Crippen molar-refractivity contribution in [3.63, 3.8) is 0 Å². The Bertz CT molecular complexity index is 1970. The van der Waals surface area contributed by atoms with E-state index in [0.717, 1.165) is 50.8 Å². The molecule has 0 aliphatic heterocycles. The molecule has 0 bridgehead atoms. The summed E-state index contributed by atoms with van der Waals surface area (Å²) in [6, 6.07) is 9.68. The van der Waals surface area contributed by atoms with Crippen LogP contribution in [0.15, 0.2) is 105 Å². The molecular weight excluding hydrogens is 679 g/mol. The number of nitrogens with zero attached hydrogens (tertiary/aromatic N) is 1. The number of carbonyl (C=O) groups is 4. The van der Waals surface area contributed by atoms with Crippen LogP contribution in [-0.4, -0.2) is 63.3 Å². The van der Waals surface area contributed by atoms with Crippen molar-refractivity contribution in [1.29, 1.82) is 0 Å². The van der Waals surface area contributed by atoms with Crippen molar-refractivity contribution in [2.45, 2.75) is 57.7 Å². The first kappa shape index (κ1) is 40.3.